The summed E-state index contributed by atoms with van der Waals surface area (Å²) in [5.74, 6) is 0.385. The van der Waals surface area contributed by atoms with E-state index in [4.69, 9.17) is 15.2 Å². The van der Waals surface area contributed by atoms with Crippen LogP contribution >= 0.6 is 0 Å². The Bertz CT molecular complexity index is 689. The molecule has 0 bridgehead atoms. The van der Waals surface area contributed by atoms with Crippen molar-refractivity contribution in [1.82, 2.24) is 4.57 Å². The Labute approximate surface area is 130 Å². The van der Waals surface area contributed by atoms with Crippen molar-refractivity contribution in [3.05, 3.63) is 35.5 Å². The lowest BCUT2D eigenvalue weighted by molar-refractivity contribution is 0.0526. The molecule has 0 aliphatic rings. The average molecular weight is 302 g/mol. The van der Waals surface area contributed by atoms with E-state index < -0.39 is 0 Å². The maximum Gasteiger partial charge on any atom is 0.342 e. The van der Waals surface area contributed by atoms with Gasteiger partial charge in [-0.3, -0.25) is 0 Å². The maximum absolute atomic E-state index is 12.1. The topological polar surface area (TPSA) is 66.5 Å². The minimum Gasteiger partial charge on any atom is -0.494 e. The van der Waals surface area contributed by atoms with E-state index >= 15 is 0 Å². The third-order valence-corrected chi connectivity index (χ3v) is 3.62. The van der Waals surface area contributed by atoms with Crippen LogP contribution in [0, 0.1) is 6.92 Å². The summed E-state index contributed by atoms with van der Waals surface area (Å²) in [7, 11) is 1.89. The summed E-state index contributed by atoms with van der Waals surface area (Å²) >= 11 is 0. The number of nitrogen functional groups attached to an aromatic ring is 1. The van der Waals surface area contributed by atoms with Crippen LogP contribution < -0.4 is 10.5 Å². The first kappa shape index (κ1) is 15.9. The fourth-order valence-electron chi connectivity index (χ4n) is 2.54. The predicted molar refractivity (Wildman–Crippen MR) is 87.1 cm³/mol. The molecule has 0 aliphatic heterocycles. The van der Waals surface area contributed by atoms with Crippen LogP contribution in [0.1, 0.15) is 29.9 Å². The lowest BCUT2D eigenvalue weighted by Crippen LogP contribution is -2.08. The molecule has 5 nitrogen and oxygen atoms in total. The number of benzene rings is 1. The fraction of sp³-hybridized carbons (Fsp3) is 0.353. The zero-order chi connectivity index (χ0) is 16.3. The van der Waals surface area contributed by atoms with Gasteiger partial charge in [0.25, 0.3) is 0 Å². The van der Waals surface area contributed by atoms with E-state index in [0.717, 1.165) is 22.7 Å². The van der Waals surface area contributed by atoms with Gasteiger partial charge in [-0.2, -0.15) is 0 Å². The molecular formula is C17H22N2O3. The van der Waals surface area contributed by atoms with Crippen LogP contribution in [0.4, 0.5) is 5.69 Å². The second kappa shape index (κ2) is 6.56. The van der Waals surface area contributed by atoms with Gasteiger partial charge in [0, 0.05) is 18.3 Å². The number of aromatic nitrogens is 1. The van der Waals surface area contributed by atoms with Crippen molar-refractivity contribution < 1.29 is 14.3 Å². The Kier molecular flexibility index (Phi) is 4.75. The molecule has 0 radical (unpaired) electrons. The summed E-state index contributed by atoms with van der Waals surface area (Å²) in [5, 5.41) is 0. The summed E-state index contributed by atoms with van der Waals surface area (Å²) in [6, 6.07) is 7.67. The molecule has 2 rings (SSSR count). The molecule has 0 spiro atoms. The molecule has 0 unspecified atom stereocenters. The highest BCUT2D eigenvalue weighted by molar-refractivity contribution is 6.01. The van der Waals surface area contributed by atoms with Gasteiger partial charge in [0.15, 0.2) is 0 Å². The average Bonchev–Trinajstić information content (AvgIpc) is 2.70. The molecule has 0 saturated carbocycles. The van der Waals surface area contributed by atoms with Crippen molar-refractivity contribution in [3.63, 3.8) is 0 Å². The number of carbonyl (C=O) groups is 1. The molecular weight excluding hydrogens is 280 g/mol. The third kappa shape index (κ3) is 2.79. The maximum atomic E-state index is 12.1. The number of rotatable bonds is 5. The number of ether oxygens (including phenoxy) is 2. The molecule has 118 valence electrons. The number of anilines is 1. The van der Waals surface area contributed by atoms with Crippen molar-refractivity contribution in [2.75, 3.05) is 18.9 Å². The second-order valence-corrected chi connectivity index (χ2v) is 4.96. The summed E-state index contributed by atoms with van der Waals surface area (Å²) < 4.78 is 12.5. The van der Waals surface area contributed by atoms with Crippen LogP contribution in [0.3, 0.4) is 0 Å². The number of nitrogens with zero attached hydrogens (tertiary/aromatic N) is 1. The fourth-order valence-corrected chi connectivity index (χ4v) is 2.54. The third-order valence-electron chi connectivity index (χ3n) is 3.62. The van der Waals surface area contributed by atoms with Gasteiger partial charge in [-0.1, -0.05) is 12.1 Å². The minimum atomic E-state index is -0.389. The zero-order valence-corrected chi connectivity index (χ0v) is 13.5. The van der Waals surface area contributed by atoms with E-state index in [9.17, 15) is 4.79 Å². The van der Waals surface area contributed by atoms with Gasteiger partial charge in [-0.05, 0) is 32.9 Å². The van der Waals surface area contributed by atoms with Crippen molar-refractivity contribution >= 4 is 11.7 Å². The highest BCUT2D eigenvalue weighted by atomic mass is 16.5. The number of esters is 1. The van der Waals surface area contributed by atoms with E-state index in [1.165, 1.54) is 0 Å². The largest absolute Gasteiger partial charge is 0.494 e. The Hall–Kier alpha value is -2.43. The van der Waals surface area contributed by atoms with E-state index in [1.54, 1.807) is 6.92 Å². The number of hydrogen-bond acceptors (Lipinski definition) is 4. The van der Waals surface area contributed by atoms with Gasteiger partial charge in [-0.25, -0.2) is 4.79 Å². The lowest BCUT2D eigenvalue weighted by atomic mass is 10.1. The lowest BCUT2D eigenvalue weighted by Gasteiger charge is -2.09. The van der Waals surface area contributed by atoms with Crippen molar-refractivity contribution in [2.24, 2.45) is 7.05 Å². The van der Waals surface area contributed by atoms with Gasteiger partial charge >= 0.3 is 5.97 Å². The van der Waals surface area contributed by atoms with Crippen LogP contribution in [0.2, 0.25) is 0 Å². The molecule has 0 amide bonds. The number of nitrogens with two attached hydrogens (primary N) is 1. The summed E-state index contributed by atoms with van der Waals surface area (Å²) in [6.45, 7) is 6.49. The Morgan fingerprint density at radius 3 is 2.64 bits per heavy atom. The Balaban J connectivity index is 2.55. The number of carbonyl (C=O) groups excluding carboxylic acids is 1. The minimum absolute atomic E-state index is 0.321. The van der Waals surface area contributed by atoms with Gasteiger partial charge in [0.2, 0.25) is 0 Å². The monoisotopic (exact) mass is 302 g/mol. The first-order valence-corrected chi connectivity index (χ1v) is 7.36. The second-order valence-electron chi connectivity index (χ2n) is 4.96. The van der Waals surface area contributed by atoms with E-state index in [1.807, 2.05) is 49.7 Å². The van der Waals surface area contributed by atoms with Crippen LogP contribution in [0.15, 0.2) is 24.3 Å². The van der Waals surface area contributed by atoms with Crippen LogP contribution in [0.25, 0.3) is 11.3 Å². The quantitative estimate of drug-likeness (QED) is 0.862. The first-order valence-electron chi connectivity index (χ1n) is 7.36. The van der Waals surface area contributed by atoms with Gasteiger partial charge in [0.05, 0.1) is 24.6 Å². The van der Waals surface area contributed by atoms with Crippen LogP contribution in [-0.4, -0.2) is 23.8 Å². The van der Waals surface area contributed by atoms with E-state index in [-0.39, 0.29) is 5.97 Å². The van der Waals surface area contributed by atoms with Crippen LogP contribution in [0.5, 0.6) is 5.75 Å². The van der Waals surface area contributed by atoms with Crippen molar-refractivity contribution in [3.8, 4) is 17.0 Å². The molecule has 0 saturated heterocycles. The summed E-state index contributed by atoms with van der Waals surface area (Å²) in [4.78, 5) is 12.1. The molecule has 0 aliphatic carbocycles. The van der Waals surface area contributed by atoms with E-state index in [2.05, 4.69) is 0 Å². The molecule has 2 N–H and O–H groups in total. The molecule has 22 heavy (non-hydrogen) atoms. The number of hydrogen-bond donors (Lipinski definition) is 1. The van der Waals surface area contributed by atoms with Crippen molar-refractivity contribution in [1.29, 1.82) is 0 Å². The standard InChI is InChI=1S/C17H22N2O3/c1-5-21-13-9-7-8-12(10-13)16-15(18)14(11(3)19(16)4)17(20)22-6-2/h7-10H,5-6,18H2,1-4H3. The summed E-state index contributed by atoms with van der Waals surface area (Å²) in [6.07, 6.45) is 0. The highest BCUT2D eigenvalue weighted by Crippen LogP contribution is 2.35. The van der Waals surface area contributed by atoms with Gasteiger partial charge in [0.1, 0.15) is 11.3 Å². The molecule has 1 aromatic heterocycles. The Morgan fingerprint density at radius 2 is 2.00 bits per heavy atom. The van der Waals surface area contributed by atoms with E-state index in [0.29, 0.717) is 24.5 Å². The van der Waals surface area contributed by atoms with Crippen molar-refractivity contribution in [2.45, 2.75) is 20.8 Å². The Morgan fingerprint density at radius 1 is 1.27 bits per heavy atom. The van der Waals surface area contributed by atoms with Gasteiger partial charge in [-0.15, -0.1) is 0 Å². The van der Waals surface area contributed by atoms with Gasteiger partial charge < -0.3 is 19.8 Å². The molecule has 0 fully saturated rings. The van der Waals surface area contributed by atoms with Crippen LogP contribution in [-0.2, 0) is 11.8 Å². The highest BCUT2D eigenvalue weighted by Gasteiger charge is 2.23. The normalized spacial score (nSPS) is 10.5. The zero-order valence-electron chi connectivity index (χ0n) is 13.5. The molecule has 1 heterocycles. The molecule has 5 heteroatoms. The summed E-state index contributed by atoms with van der Waals surface area (Å²) in [5.41, 5.74) is 9.58. The SMILES string of the molecule is CCOC(=O)c1c(N)c(-c2cccc(OCC)c2)n(C)c1C. The molecule has 2 aromatic rings. The smallest absolute Gasteiger partial charge is 0.342 e. The predicted octanol–water partition coefficient (Wildman–Crippen LogP) is 3.16. The molecule has 0 atom stereocenters. The first-order chi connectivity index (χ1) is 10.5. The molecule has 1 aromatic carbocycles.